The van der Waals surface area contributed by atoms with Gasteiger partial charge in [-0.1, -0.05) is 6.08 Å². The highest BCUT2D eigenvalue weighted by atomic mass is 19.3. The van der Waals surface area contributed by atoms with E-state index in [1.54, 1.807) is 23.0 Å². The first-order valence-electron chi connectivity index (χ1n) is 9.79. The summed E-state index contributed by atoms with van der Waals surface area (Å²) in [4.78, 5) is 13.0. The van der Waals surface area contributed by atoms with Crippen LogP contribution in [-0.4, -0.2) is 31.8 Å². The summed E-state index contributed by atoms with van der Waals surface area (Å²) in [6, 6.07) is 1.48. The van der Waals surface area contributed by atoms with Crippen molar-refractivity contribution in [2.75, 3.05) is 11.9 Å². The third-order valence-electron chi connectivity index (χ3n) is 5.80. The van der Waals surface area contributed by atoms with E-state index in [1.165, 1.54) is 6.07 Å². The Morgan fingerprint density at radius 3 is 2.86 bits per heavy atom. The zero-order valence-corrected chi connectivity index (χ0v) is 15.7. The van der Waals surface area contributed by atoms with Crippen LogP contribution in [0.5, 0.6) is 0 Å². The molecule has 2 aliphatic carbocycles. The largest absolute Gasteiger partial charge is 0.354 e. The highest BCUT2D eigenvalue weighted by Gasteiger charge is 2.34. The zero-order valence-electron chi connectivity index (χ0n) is 15.7. The Kier molecular flexibility index (Phi) is 4.29. The third-order valence-corrected chi connectivity index (χ3v) is 5.80. The van der Waals surface area contributed by atoms with Gasteiger partial charge in [-0.2, -0.15) is 0 Å². The van der Waals surface area contributed by atoms with Crippen molar-refractivity contribution >= 4 is 17.2 Å². The first kappa shape index (κ1) is 18.1. The van der Waals surface area contributed by atoms with Gasteiger partial charge in [-0.15, -0.1) is 0 Å². The summed E-state index contributed by atoms with van der Waals surface area (Å²) in [6.45, 7) is 0.595. The predicted octanol–water partition coefficient (Wildman–Crippen LogP) is 4.49. The maximum absolute atomic E-state index is 14.3. The Balaban J connectivity index is 1.30. The van der Waals surface area contributed by atoms with E-state index in [4.69, 9.17) is 0 Å². The Morgan fingerprint density at radius 2 is 2.03 bits per heavy atom. The molecule has 8 heteroatoms. The van der Waals surface area contributed by atoms with E-state index >= 15 is 0 Å². The molecule has 1 N–H and O–H groups in total. The van der Waals surface area contributed by atoms with E-state index < -0.39 is 5.92 Å². The number of anilines is 1. The molecule has 3 aromatic rings. The van der Waals surface area contributed by atoms with Crippen molar-refractivity contribution in [1.29, 1.82) is 0 Å². The molecule has 5 nitrogen and oxygen atoms in total. The quantitative estimate of drug-likeness (QED) is 0.702. The second-order valence-electron chi connectivity index (χ2n) is 7.79. The fraction of sp³-hybridized carbons (Fsp3) is 0.381. The van der Waals surface area contributed by atoms with Gasteiger partial charge in [0.25, 0.3) is 0 Å². The van der Waals surface area contributed by atoms with E-state index in [9.17, 15) is 13.2 Å². The third kappa shape index (κ3) is 3.47. The second-order valence-corrected chi connectivity index (χ2v) is 7.79. The van der Waals surface area contributed by atoms with Crippen LogP contribution >= 0.6 is 0 Å². The molecule has 0 radical (unpaired) electrons. The molecule has 1 saturated carbocycles. The molecular weight excluding hydrogens is 379 g/mol. The lowest BCUT2D eigenvalue weighted by molar-refractivity contribution is -0.0443. The molecule has 3 heterocycles. The number of pyridine rings is 1. The van der Waals surface area contributed by atoms with Crippen molar-refractivity contribution < 1.29 is 13.2 Å². The van der Waals surface area contributed by atoms with E-state index in [0.29, 0.717) is 37.4 Å². The van der Waals surface area contributed by atoms with Crippen LogP contribution < -0.4 is 5.32 Å². The lowest BCUT2D eigenvalue weighted by atomic mass is 9.87. The average molecular weight is 399 g/mol. The molecule has 0 saturated heterocycles. The monoisotopic (exact) mass is 399 g/mol. The maximum atomic E-state index is 14.3. The van der Waals surface area contributed by atoms with Gasteiger partial charge < -0.3 is 9.72 Å². The van der Waals surface area contributed by atoms with Gasteiger partial charge in [0.2, 0.25) is 11.9 Å². The van der Waals surface area contributed by atoms with Gasteiger partial charge >= 0.3 is 0 Å². The summed E-state index contributed by atoms with van der Waals surface area (Å²) in [5.41, 5.74) is 3.70. The first-order chi connectivity index (χ1) is 14.0. The number of imidazole rings is 1. The minimum absolute atomic E-state index is 0.0461. The SMILES string of the molecule is Fc1cc(C2=CCc3nc(NCC4CCC(F)(F)CC4)ncc32)cn2ccnc12. The topological polar surface area (TPSA) is 55.1 Å². The molecule has 1 fully saturated rings. The minimum atomic E-state index is -2.51. The fourth-order valence-corrected chi connectivity index (χ4v) is 4.14. The predicted molar refractivity (Wildman–Crippen MR) is 103 cm³/mol. The van der Waals surface area contributed by atoms with Crippen LogP contribution in [-0.2, 0) is 6.42 Å². The number of hydrogen-bond acceptors (Lipinski definition) is 4. The molecule has 0 amide bonds. The van der Waals surface area contributed by atoms with E-state index in [1.807, 2.05) is 12.3 Å². The van der Waals surface area contributed by atoms with Gasteiger partial charge in [-0.3, -0.25) is 0 Å². The van der Waals surface area contributed by atoms with Crippen molar-refractivity contribution in [2.24, 2.45) is 5.92 Å². The van der Waals surface area contributed by atoms with Gasteiger partial charge in [0.05, 0.1) is 5.69 Å². The molecule has 0 atom stereocenters. The normalized spacial score (nSPS) is 18.7. The Morgan fingerprint density at radius 1 is 1.21 bits per heavy atom. The average Bonchev–Trinajstić information content (AvgIpc) is 3.33. The number of allylic oxidation sites excluding steroid dienone is 1. The number of nitrogens with zero attached hydrogens (tertiary/aromatic N) is 4. The zero-order chi connectivity index (χ0) is 20.0. The first-order valence-corrected chi connectivity index (χ1v) is 9.79. The smallest absolute Gasteiger partial charge is 0.248 e. The van der Waals surface area contributed by atoms with Crippen molar-refractivity contribution in [3.05, 3.63) is 59.6 Å². The van der Waals surface area contributed by atoms with Crippen LogP contribution in [0.1, 0.15) is 42.5 Å². The standard InChI is InChI=1S/C21H20F3N5/c22-17-9-14(12-29-8-7-25-19(17)29)15-1-2-18-16(15)11-27-20(28-18)26-10-13-3-5-21(23,24)6-4-13/h1,7-9,11-13H,2-6,10H2,(H,26,27,28). The van der Waals surface area contributed by atoms with E-state index in [-0.39, 0.29) is 24.6 Å². The highest BCUT2D eigenvalue weighted by molar-refractivity contribution is 5.84. The molecule has 0 unspecified atom stereocenters. The van der Waals surface area contributed by atoms with Crippen LogP contribution in [0.3, 0.4) is 0 Å². The molecule has 5 rings (SSSR count). The molecule has 3 aromatic heterocycles. The van der Waals surface area contributed by atoms with Crippen LogP contribution in [0.2, 0.25) is 0 Å². The molecule has 2 aliphatic rings. The molecule has 0 aromatic carbocycles. The van der Waals surface area contributed by atoms with Gasteiger partial charge in [-0.25, -0.2) is 28.1 Å². The molecule has 29 heavy (non-hydrogen) atoms. The Labute approximate surface area is 165 Å². The van der Waals surface area contributed by atoms with Crippen molar-refractivity contribution in [3.63, 3.8) is 0 Å². The molecule has 0 aliphatic heterocycles. The number of fused-ring (bicyclic) bond motifs is 2. The Bertz CT molecular complexity index is 1090. The lowest BCUT2D eigenvalue weighted by Crippen LogP contribution is -2.28. The summed E-state index contributed by atoms with van der Waals surface area (Å²) in [5, 5.41) is 3.19. The minimum Gasteiger partial charge on any atom is -0.354 e. The van der Waals surface area contributed by atoms with Gasteiger partial charge in [-0.05, 0) is 30.4 Å². The van der Waals surface area contributed by atoms with Gasteiger partial charge in [0.15, 0.2) is 11.5 Å². The lowest BCUT2D eigenvalue weighted by Gasteiger charge is -2.28. The number of nitrogens with one attached hydrogen (secondary N) is 1. The van der Waals surface area contributed by atoms with Gasteiger partial charge in [0, 0.05) is 61.7 Å². The molecule has 0 bridgehead atoms. The summed E-state index contributed by atoms with van der Waals surface area (Å²) in [5.74, 6) is -2.17. The van der Waals surface area contributed by atoms with Crippen molar-refractivity contribution in [3.8, 4) is 0 Å². The van der Waals surface area contributed by atoms with E-state index in [0.717, 1.165) is 22.4 Å². The van der Waals surface area contributed by atoms with Crippen LogP contribution in [0.25, 0.3) is 11.2 Å². The van der Waals surface area contributed by atoms with Crippen molar-refractivity contribution in [1.82, 2.24) is 19.4 Å². The number of aromatic nitrogens is 4. The number of alkyl halides is 2. The maximum Gasteiger partial charge on any atom is 0.248 e. The van der Waals surface area contributed by atoms with Crippen LogP contribution in [0, 0.1) is 11.7 Å². The molecule has 150 valence electrons. The summed E-state index contributed by atoms with van der Waals surface area (Å²) in [6.07, 6.45) is 10.5. The highest BCUT2D eigenvalue weighted by Crippen LogP contribution is 2.36. The number of hydrogen-bond donors (Lipinski definition) is 1. The van der Waals surface area contributed by atoms with E-state index in [2.05, 4.69) is 20.3 Å². The van der Waals surface area contributed by atoms with Gasteiger partial charge in [0.1, 0.15) is 0 Å². The van der Waals surface area contributed by atoms with Crippen LogP contribution in [0.15, 0.2) is 36.9 Å². The second kappa shape index (κ2) is 6.86. The Hall–Kier alpha value is -2.90. The fourth-order valence-electron chi connectivity index (χ4n) is 4.14. The summed E-state index contributed by atoms with van der Waals surface area (Å²) in [7, 11) is 0. The number of rotatable bonds is 4. The summed E-state index contributed by atoms with van der Waals surface area (Å²) >= 11 is 0. The van der Waals surface area contributed by atoms with Crippen molar-refractivity contribution in [2.45, 2.75) is 38.0 Å². The van der Waals surface area contributed by atoms with Crippen LogP contribution in [0.4, 0.5) is 19.1 Å². The molecule has 0 spiro atoms. The molecular formula is C21H20F3N5. The number of halogens is 3. The summed E-state index contributed by atoms with van der Waals surface area (Å²) < 4.78 is 42.5.